The predicted molar refractivity (Wildman–Crippen MR) is 82.0 cm³/mol. The number of halogens is 1. The fourth-order valence-corrected chi connectivity index (χ4v) is 2.68. The molecule has 1 aliphatic rings. The van der Waals surface area contributed by atoms with Crippen LogP contribution in [0.25, 0.3) is 0 Å². The number of piperazine rings is 1. The second kappa shape index (κ2) is 6.81. The summed E-state index contributed by atoms with van der Waals surface area (Å²) in [6.07, 6.45) is 4.45. The number of benzene rings is 1. The van der Waals surface area contributed by atoms with Crippen molar-refractivity contribution >= 4 is 5.82 Å². The van der Waals surface area contributed by atoms with E-state index < -0.39 is 6.10 Å². The van der Waals surface area contributed by atoms with Crippen molar-refractivity contribution in [2.24, 2.45) is 0 Å². The quantitative estimate of drug-likeness (QED) is 0.927. The first-order valence-corrected chi connectivity index (χ1v) is 7.39. The van der Waals surface area contributed by atoms with E-state index >= 15 is 0 Å². The predicted octanol–water partition coefficient (Wildman–Crippen LogP) is 1.47. The van der Waals surface area contributed by atoms with Gasteiger partial charge in [0.25, 0.3) is 0 Å². The van der Waals surface area contributed by atoms with E-state index in [1.807, 2.05) is 0 Å². The van der Waals surface area contributed by atoms with Gasteiger partial charge >= 0.3 is 0 Å². The molecule has 0 saturated carbocycles. The first-order chi connectivity index (χ1) is 10.7. The Hall–Kier alpha value is -2.05. The van der Waals surface area contributed by atoms with E-state index in [1.165, 1.54) is 12.1 Å². The molecule has 0 radical (unpaired) electrons. The van der Waals surface area contributed by atoms with Crippen LogP contribution in [0.2, 0.25) is 0 Å². The lowest BCUT2D eigenvalue weighted by molar-refractivity contribution is 0.109. The van der Waals surface area contributed by atoms with E-state index in [2.05, 4.69) is 19.8 Å². The lowest BCUT2D eigenvalue weighted by Gasteiger charge is -2.36. The molecule has 1 aromatic heterocycles. The summed E-state index contributed by atoms with van der Waals surface area (Å²) in [6.45, 7) is 3.87. The van der Waals surface area contributed by atoms with Gasteiger partial charge in [0.1, 0.15) is 11.6 Å². The summed E-state index contributed by atoms with van der Waals surface area (Å²) >= 11 is 0. The van der Waals surface area contributed by atoms with E-state index in [0.29, 0.717) is 12.1 Å². The minimum absolute atomic E-state index is 0.316. The van der Waals surface area contributed by atoms with Gasteiger partial charge in [-0.2, -0.15) is 0 Å². The Labute approximate surface area is 129 Å². The zero-order valence-electron chi connectivity index (χ0n) is 12.3. The lowest BCUT2D eigenvalue weighted by atomic mass is 10.1. The summed E-state index contributed by atoms with van der Waals surface area (Å²) in [7, 11) is 0. The number of hydrogen-bond donors (Lipinski definition) is 1. The van der Waals surface area contributed by atoms with Gasteiger partial charge in [-0.1, -0.05) is 12.1 Å². The molecule has 0 bridgehead atoms. The maximum absolute atomic E-state index is 13.2. The van der Waals surface area contributed by atoms with Crippen LogP contribution >= 0.6 is 0 Å². The largest absolute Gasteiger partial charge is 0.387 e. The van der Waals surface area contributed by atoms with Gasteiger partial charge < -0.3 is 10.0 Å². The zero-order valence-corrected chi connectivity index (χ0v) is 12.3. The third-order valence-electron chi connectivity index (χ3n) is 3.91. The third kappa shape index (κ3) is 3.58. The van der Waals surface area contributed by atoms with Crippen molar-refractivity contribution in [3.63, 3.8) is 0 Å². The number of aliphatic hydroxyl groups is 1. The first kappa shape index (κ1) is 14.9. The Bertz CT molecular complexity index is 602. The smallest absolute Gasteiger partial charge is 0.147 e. The van der Waals surface area contributed by atoms with Crippen LogP contribution in [0, 0.1) is 5.82 Å². The molecule has 1 N–H and O–H groups in total. The summed E-state index contributed by atoms with van der Waals surface area (Å²) < 4.78 is 13.2. The van der Waals surface area contributed by atoms with Crippen LogP contribution in [0.15, 0.2) is 42.9 Å². The van der Waals surface area contributed by atoms with Crippen LogP contribution in [0.1, 0.15) is 11.7 Å². The highest BCUT2D eigenvalue weighted by molar-refractivity contribution is 5.35. The number of rotatable bonds is 4. The molecule has 22 heavy (non-hydrogen) atoms. The fourth-order valence-electron chi connectivity index (χ4n) is 2.68. The highest BCUT2D eigenvalue weighted by Crippen LogP contribution is 2.17. The monoisotopic (exact) mass is 302 g/mol. The molecule has 6 heteroatoms. The van der Waals surface area contributed by atoms with Gasteiger partial charge in [-0.05, 0) is 17.7 Å². The highest BCUT2D eigenvalue weighted by Gasteiger charge is 2.20. The lowest BCUT2D eigenvalue weighted by Crippen LogP contribution is -2.47. The van der Waals surface area contributed by atoms with Crippen molar-refractivity contribution in [2.75, 3.05) is 37.6 Å². The summed E-state index contributed by atoms with van der Waals surface area (Å²) in [4.78, 5) is 12.7. The van der Waals surface area contributed by atoms with Crippen molar-refractivity contribution in [1.82, 2.24) is 14.9 Å². The zero-order chi connectivity index (χ0) is 15.4. The number of aliphatic hydroxyl groups excluding tert-OH is 1. The van der Waals surface area contributed by atoms with E-state index in [9.17, 15) is 9.50 Å². The molecule has 0 unspecified atom stereocenters. The van der Waals surface area contributed by atoms with Gasteiger partial charge in [-0.3, -0.25) is 9.88 Å². The fraction of sp³-hybridized carbons (Fsp3) is 0.375. The minimum Gasteiger partial charge on any atom is -0.387 e. The first-order valence-electron chi connectivity index (χ1n) is 7.39. The molecule has 2 aromatic rings. The second-order valence-corrected chi connectivity index (χ2v) is 5.42. The Morgan fingerprint density at radius 1 is 1.18 bits per heavy atom. The molecule has 0 spiro atoms. The Morgan fingerprint density at radius 3 is 2.68 bits per heavy atom. The highest BCUT2D eigenvalue weighted by atomic mass is 19.1. The maximum Gasteiger partial charge on any atom is 0.147 e. The Morgan fingerprint density at radius 2 is 2.00 bits per heavy atom. The summed E-state index contributed by atoms with van der Waals surface area (Å²) in [5.74, 6) is 0.567. The van der Waals surface area contributed by atoms with Crippen LogP contribution in [-0.4, -0.2) is 52.7 Å². The molecule has 1 atom stereocenters. The molecular formula is C16H19FN4O. The van der Waals surface area contributed by atoms with Crippen molar-refractivity contribution < 1.29 is 9.50 Å². The molecule has 1 aliphatic heterocycles. The molecule has 2 heterocycles. The summed E-state index contributed by atoms with van der Waals surface area (Å²) in [6, 6.07) is 6.15. The van der Waals surface area contributed by atoms with Crippen LogP contribution in [0.5, 0.6) is 0 Å². The molecule has 3 rings (SSSR count). The van der Waals surface area contributed by atoms with Gasteiger partial charge in [0.05, 0.1) is 12.3 Å². The average molecular weight is 302 g/mol. The molecule has 1 fully saturated rings. The number of aromatic nitrogens is 2. The van der Waals surface area contributed by atoms with Crippen molar-refractivity contribution in [3.8, 4) is 0 Å². The molecule has 116 valence electrons. The van der Waals surface area contributed by atoms with Crippen LogP contribution in [0.3, 0.4) is 0 Å². The molecular weight excluding hydrogens is 283 g/mol. The molecule has 5 nitrogen and oxygen atoms in total. The van der Waals surface area contributed by atoms with Gasteiger partial charge in [-0.15, -0.1) is 0 Å². The second-order valence-electron chi connectivity index (χ2n) is 5.42. The van der Waals surface area contributed by atoms with Gasteiger partial charge in [0.15, 0.2) is 0 Å². The van der Waals surface area contributed by atoms with Crippen molar-refractivity contribution in [1.29, 1.82) is 0 Å². The molecule has 0 aliphatic carbocycles. The Kier molecular flexibility index (Phi) is 4.60. The third-order valence-corrected chi connectivity index (χ3v) is 3.91. The SMILES string of the molecule is O[C@H](CN1CCN(c2cnccn2)CC1)c1cccc(F)c1. The topological polar surface area (TPSA) is 52.5 Å². The number of hydrogen-bond acceptors (Lipinski definition) is 5. The van der Waals surface area contributed by atoms with Crippen LogP contribution in [0.4, 0.5) is 10.2 Å². The van der Waals surface area contributed by atoms with E-state index in [4.69, 9.17) is 0 Å². The standard InChI is InChI=1S/C16H19FN4O/c17-14-3-1-2-13(10-14)15(22)12-20-6-8-21(9-7-20)16-11-18-4-5-19-16/h1-5,10-11,15,22H,6-9,12H2/t15-/m1/s1. The van der Waals surface area contributed by atoms with Crippen LogP contribution < -0.4 is 4.90 Å². The number of β-amino-alcohol motifs (C(OH)–C–C–N with tert-alkyl or cyclic N) is 1. The minimum atomic E-state index is -0.668. The van der Waals surface area contributed by atoms with Crippen molar-refractivity contribution in [2.45, 2.75) is 6.10 Å². The van der Waals surface area contributed by atoms with Gasteiger partial charge in [0, 0.05) is 45.1 Å². The average Bonchev–Trinajstić information content (AvgIpc) is 2.56. The van der Waals surface area contributed by atoms with E-state index in [-0.39, 0.29) is 5.82 Å². The van der Waals surface area contributed by atoms with Gasteiger partial charge in [0.2, 0.25) is 0 Å². The molecule has 1 aromatic carbocycles. The number of nitrogens with zero attached hydrogens (tertiary/aromatic N) is 4. The normalized spacial score (nSPS) is 17.5. The molecule has 0 amide bonds. The number of anilines is 1. The Balaban J connectivity index is 1.54. The van der Waals surface area contributed by atoms with Crippen molar-refractivity contribution in [3.05, 3.63) is 54.2 Å². The maximum atomic E-state index is 13.2. The summed E-state index contributed by atoms with van der Waals surface area (Å²) in [5, 5.41) is 10.2. The van der Waals surface area contributed by atoms with E-state index in [0.717, 1.165) is 32.0 Å². The van der Waals surface area contributed by atoms with Gasteiger partial charge in [-0.25, -0.2) is 9.37 Å². The molecule has 1 saturated heterocycles. The summed E-state index contributed by atoms with van der Waals surface area (Å²) in [5.41, 5.74) is 0.622. The van der Waals surface area contributed by atoms with Crippen LogP contribution in [-0.2, 0) is 0 Å². The van der Waals surface area contributed by atoms with E-state index in [1.54, 1.807) is 30.7 Å².